The third-order valence-corrected chi connectivity index (χ3v) is 3.40. The number of halogens is 2. The average molecular weight is 294 g/mol. The Labute approximate surface area is 122 Å². The van der Waals surface area contributed by atoms with Crippen molar-refractivity contribution in [2.45, 2.75) is 13.5 Å². The zero-order valence-corrected chi connectivity index (χ0v) is 11.9. The molecule has 0 atom stereocenters. The molecular weight excluding hydrogens is 281 g/mol. The summed E-state index contributed by atoms with van der Waals surface area (Å²) in [5.74, 6) is 0.132. The quantitative estimate of drug-likeness (QED) is 0.817. The van der Waals surface area contributed by atoms with E-state index in [9.17, 15) is 5.11 Å². The number of phenolic OH excluding ortho intramolecular Hbond substituents is 1. The summed E-state index contributed by atoms with van der Waals surface area (Å²) < 4.78 is 0. The molecule has 0 saturated heterocycles. The van der Waals surface area contributed by atoms with Gasteiger partial charge in [-0.3, -0.25) is 4.99 Å². The summed E-state index contributed by atoms with van der Waals surface area (Å²) in [7, 11) is 0. The predicted molar refractivity (Wildman–Crippen MR) is 80.5 cm³/mol. The highest BCUT2D eigenvalue weighted by atomic mass is 35.5. The van der Waals surface area contributed by atoms with Gasteiger partial charge in [0.05, 0.1) is 6.54 Å². The van der Waals surface area contributed by atoms with Crippen molar-refractivity contribution in [2.24, 2.45) is 4.99 Å². The molecule has 0 spiro atoms. The van der Waals surface area contributed by atoms with Crippen LogP contribution in [-0.2, 0) is 6.54 Å². The maximum atomic E-state index is 9.82. The average Bonchev–Trinajstić information content (AvgIpc) is 2.37. The summed E-state index contributed by atoms with van der Waals surface area (Å²) in [5.41, 5.74) is 2.38. The Morgan fingerprint density at radius 1 is 1.16 bits per heavy atom. The van der Waals surface area contributed by atoms with Crippen LogP contribution in [0.15, 0.2) is 47.5 Å². The molecule has 0 aromatic heterocycles. The van der Waals surface area contributed by atoms with E-state index in [1.165, 1.54) is 6.07 Å². The van der Waals surface area contributed by atoms with Crippen molar-refractivity contribution in [3.63, 3.8) is 0 Å². The molecule has 0 radical (unpaired) electrons. The molecule has 0 bridgehead atoms. The van der Waals surface area contributed by atoms with Crippen LogP contribution in [0.3, 0.4) is 0 Å². The molecule has 0 aliphatic rings. The highest BCUT2D eigenvalue weighted by molar-refractivity contribution is 6.31. The number of aromatic hydroxyl groups is 1. The van der Waals surface area contributed by atoms with E-state index in [2.05, 4.69) is 4.99 Å². The van der Waals surface area contributed by atoms with E-state index in [1.807, 2.05) is 31.2 Å². The zero-order chi connectivity index (χ0) is 13.8. The highest BCUT2D eigenvalue weighted by Crippen LogP contribution is 2.23. The molecule has 0 heterocycles. The van der Waals surface area contributed by atoms with E-state index in [1.54, 1.807) is 12.1 Å². The van der Waals surface area contributed by atoms with Gasteiger partial charge in [-0.15, -0.1) is 0 Å². The van der Waals surface area contributed by atoms with Crippen LogP contribution in [0.1, 0.15) is 18.1 Å². The van der Waals surface area contributed by atoms with Gasteiger partial charge in [-0.05, 0) is 36.8 Å². The van der Waals surface area contributed by atoms with Crippen LogP contribution in [0.2, 0.25) is 10.0 Å². The second-order valence-electron chi connectivity index (χ2n) is 4.15. The molecule has 2 aromatic carbocycles. The molecule has 4 heteroatoms. The summed E-state index contributed by atoms with van der Waals surface area (Å²) in [6.45, 7) is 2.33. The van der Waals surface area contributed by atoms with Crippen molar-refractivity contribution in [1.82, 2.24) is 0 Å². The minimum Gasteiger partial charge on any atom is -0.507 e. The van der Waals surface area contributed by atoms with Gasteiger partial charge in [0.15, 0.2) is 0 Å². The fourth-order valence-corrected chi connectivity index (χ4v) is 2.09. The first-order valence-electron chi connectivity index (χ1n) is 5.81. The van der Waals surface area contributed by atoms with Crippen LogP contribution in [-0.4, -0.2) is 10.8 Å². The minimum absolute atomic E-state index is 0.132. The van der Waals surface area contributed by atoms with Gasteiger partial charge in [0.1, 0.15) is 5.75 Å². The molecule has 0 aliphatic heterocycles. The van der Waals surface area contributed by atoms with Gasteiger partial charge in [-0.1, -0.05) is 41.4 Å². The molecule has 2 aromatic rings. The van der Waals surface area contributed by atoms with Gasteiger partial charge in [0.25, 0.3) is 0 Å². The molecule has 2 rings (SSSR count). The molecular formula is C15H13Cl2NO. The molecule has 0 amide bonds. The van der Waals surface area contributed by atoms with Crippen molar-refractivity contribution in [1.29, 1.82) is 0 Å². The summed E-state index contributed by atoms with van der Waals surface area (Å²) in [6, 6.07) is 12.6. The topological polar surface area (TPSA) is 32.6 Å². The Bertz CT molecular complexity index is 623. The zero-order valence-electron chi connectivity index (χ0n) is 10.4. The molecule has 0 fully saturated rings. The van der Waals surface area contributed by atoms with Crippen LogP contribution in [0, 0.1) is 0 Å². The maximum absolute atomic E-state index is 9.82. The van der Waals surface area contributed by atoms with Crippen LogP contribution in [0.25, 0.3) is 0 Å². The van der Waals surface area contributed by atoms with E-state index >= 15 is 0 Å². The van der Waals surface area contributed by atoms with Crippen molar-refractivity contribution < 1.29 is 5.11 Å². The van der Waals surface area contributed by atoms with Crippen LogP contribution in [0.5, 0.6) is 5.75 Å². The number of hydrogen-bond acceptors (Lipinski definition) is 2. The lowest BCUT2D eigenvalue weighted by molar-refractivity contribution is 0.474. The second-order valence-corrected chi connectivity index (χ2v) is 5.00. The van der Waals surface area contributed by atoms with E-state index in [4.69, 9.17) is 23.2 Å². The van der Waals surface area contributed by atoms with E-state index < -0.39 is 0 Å². The van der Waals surface area contributed by atoms with Crippen LogP contribution in [0.4, 0.5) is 0 Å². The number of benzene rings is 2. The van der Waals surface area contributed by atoms with E-state index in [0.717, 1.165) is 11.3 Å². The van der Waals surface area contributed by atoms with Gasteiger partial charge in [-0.25, -0.2) is 0 Å². The molecule has 0 unspecified atom stereocenters. The third-order valence-electron chi connectivity index (χ3n) is 2.79. The summed E-state index contributed by atoms with van der Waals surface area (Å²) in [6.07, 6.45) is 0. The first-order chi connectivity index (χ1) is 9.08. The Morgan fingerprint density at radius 3 is 2.58 bits per heavy atom. The second kappa shape index (κ2) is 6.09. The lowest BCUT2D eigenvalue weighted by atomic mass is 10.1. The first-order valence-corrected chi connectivity index (χ1v) is 6.57. The standard InChI is InChI=1S/C15H13Cl2NO/c1-10(13-7-6-12(16)8-15(13)19)18-9-11-4-2-3-5-14(11)17/h2-8,19H,9H2,1H3. The molecule has 98 valence electrons. The Balaban J connectivity index is 2.22. The minimum atomic E-state index is 0.132. The van der Waals surface area contributed by atoms with Gasteiger partial charge >= 0.3 is 0 Å². The molecule has 0 aliphatic carbocycles. The lowest BCUT2D eigenvalue weighted by Gasteiger charge is -2.05. The monoisotopic (exact) mass is 293 g/mol. The van der Waals surface area contributed by atoms with E-state index in [-0.39, 0.29) is 5.75 Å². The normalized spacial score (nSPS) is 11.6. The number of rotatable bonds is 3. The Hall–Kier alpha value is -1.51. The number of hydrogen-bond donors (Lipinski definition) is 1. The van der Waals surface area contributed by atoms with Gasteiger partial charge in [0.2, 0.25) is 0 Å². The number of nitrogens with zero attached hydrogens (tertiary/aromatic N) is 1. The van der Waals surface area contributed by atoms with E-state index in [0.29, 0.717) is 22.2 Å². The molecule has 0 saturated carbocycles. The Morgan fingerprint density at radius 2 is 1.89 bits per heavy atom. The van der Waals surface area contributed by atoms with Gasteiger partial charge in [-0.2, -0.15) is 0 Å². The number of aliphatic imine (C=N–C) groups is 1. The summed E-state index contributed by atoms with van der Waals surface area (Å²) >= 11 is 11.9. The fourth-order valence-electron chi connectivity index (χ4n) is 1.73. The smallest absolute Gasteiger partial charge is 0.126 e. The van der Waals surface area contributed by atoms with Gasteiger partial charge < -0.3 is 5.11 Å². The van der Waals surface area contributed by atoms with Crippen molar-refractivity contribution >= 4 is 28.9 Å². The number of phenols is 1. The SMILES string of the molecule is CC(=NCc1ccccc1Cl)c1ccc(Cl)cc1O. The largest absolute Gasteiger partial charge is 0.507 e. The first kappa shape index (κ1) is 13.9. The third kappa shape index (κ3) is 3.49. The summed E-state index contributed by atoms with van der Waals surface area (Å²) in [5, 5.41) is 11.0. The van der Waals surface area contributed by atoms with Crippen molar-refractivity contribution in [3.05, 3.63) is 63.6 Å². The highest BCUT2D eigenvalue weighted by Gasteiger charge is 2.05. The molecule has 19 heavy (non-hydrogen) atoms. The van der Waals surface area contributed by atoms with Crippen molar-refractivity contribution in [3.8, 4) is 5.75 Å². The van der Waals surface area contributed by atoms with Crippen LogP contribution < -0.4 is 0 Å². The summed E-state index contributed by atoms with van der Waals surface area (Å²) in [4.78, 5) is 4.45. The molecule has 2 nitrogen and oxygen atoms in total. The Kier molecular flexibility index (Phi) is 4.46. The molecule has 1 N–H and O–H groups in total. The van der Waals surface area contributed by atoms with Crippen LogP contribution >= 0.6 is 23.2 Å². The predicted octanol–water partition coefficient (Wildman–Crippen LogP) is 4.71. The fraction of sp³-hybridized carbons (Fsp3) is 0.133. The maximum Gasteiger partial charge on any atom is 0.126 e. The lowest BCUT2D eigenvalue weighted by Crippen LogP contribution is -1.96. The van der Waals surface area contributed by atoms with Gasteiger partial charge in [0, 0.05) is 21.3 Å². The van der Waals surface area contributed by atoms with Crippen molar-refractivity contribution in [2.75, 3.05) is 0 Å².